The van der Waals surface area contributed by atoms with Crippen molar-refractivity contribution < 1.29 is 0 Å². The maximum atomic E-state index is 7.61. The molecule has 0 saturated carbocycles. The van der Waals surface area contributed by atoms with Crippen LogP contribution in [0.25, 0.3) is 0 Å². The second-order valence-corrected chi connectivity index (χ2v) is 0.724. The number of hydrogen-bond donors (Lipinski definition) is 0. The highest BCUT2D eigenvalue weighted by Crippen LogP contribution is 1.81. The van der Waals surface area contributed by atoms with Crippen LogP contribution in [0.5, 0.6) is 0 Å². The zero-order valence-electron chi connectivity index (χ0n) is 2.01. The van der Waals surface area contributed by atoms with Gasteiger partial charge in [0.1, 0.15) is 0 Å². The van der Waals surface area contributed by atoms with Gasteiger partial charge >= 0.3 is 0 Å². The molecule has 0 bridgehead atoms. The molecule has 4 heavy (non-hydrogen) atoms. The van der Waals surface area contributed by atoms with Crippen LogP contribution in [0.15, 0.2) is 5.41 Å². The Balaban J connectivity index is 2.30. The molecule has 21 valence electrons. The van der Waals surface area contributed by atoms with E-state index >= 15 is 0 Å². The van der Waals surface area contributed by atoms with Gasteiger partial charge in [0.05, 0.1) is 0 Å². The van der Waals surface area contributed by atoms with Crippen molar-refractivity contribution in [1.82, 2.24) is 5.14 Å². The maximum Gasteiger partial charge on any atom is -0.0105 e. The van der Waals surface area contributed by atoms with Crippen LogP contribution in [0.4, 0.5) is 0 Å². The van der Waals surface area contributed by atoms with E-state index in [0.717, 1.165) is 5.41 Å². The Kier molecular flexibility index (Phi) is 3.09. The smallest absolute Gasteiger partial charge is 0.0105 e. The topological polar surface area (TPSA) is 22.3 Å². The molecule has 0 unspecified atom stereocenters. The maximum absolute atomic E-state index is 7.61. The van der Waals surface area contributed by atoms with E-state index in [0.29, 0.717) is 11.9 Å². The summed E-state index contributed by atoms with van der Waals surface area (Å²) in [6.45, 7) is 4.62. The molecular weight excluding hydrogens is 70.1 g/mol. The lowest BCUT2D eigenvalue weighted by Crippen LogP contribution is -1.35. The van der Waals surface area contributed by atoms with E-state index in [4.69, 9.17) is 5.14 Å². The average molecular weight is 72.1 g/mol. The quantitative estimate of drug-likeness (QED) is 0.417. The summed E-state index contributed by atoms with van der Waals surface area (Å²) in [5.74, 6) is 0. The standard InChI is InChI=1S/C2H2NS/c1-2-4-3/h1-2H. The molecule has 0 fully saturated rings. The lowest BCUT2D eigenvalue weighted by Gasteiger charge is -1.53. The van der Waals surface area contributed by atoms with Gasteiger partial charge in [-0.15, -0.1) is 0 Å². The SMILES string of the molecule is [CH]=CS[N]. The summed E-state index contributed by atoms with van der Waals surface area (Å²) in [4.78, 5) is 0. The highest BCUT2D eigenvalue weighted by atomic mass is 32.2. The summed E-state index contributed by atoms with van der Waals surface area (Å²) in [5.41, 5.74) is 0. The van der Waals surface area contributed by atoms with Crippen LogP contribution in [-0.2, 0) is 0 Å². The molecule has 0 aliphatic carbocycles. The van der Waals surface area contributed by atoms with Crippen LogP contribution < -0.4 is 5.14 Å². The Hall–Kier alpha value is 0.0500. The van der Waals surface area contributed by atoms with Gasteiger partial charge in [-0.2, -0.15) is 0 Å². The first kappa shape index (κ1) is 4.05. The fraction of sp³-hybridized carbons (Fsp3) is 0. The summed E-state index contributed by atoms with van der Waals surface area (Å²) in [6.07, 6.45) is 0. The first-order chi connectivity index (χ1) is 1.91. The van der Waals surface area contributed by atoms with Crippen LogP contribution >= 0.6 is 11.9 Å². The second kappa shape index (κ2) is 3.05. The third-order valence-corrected chi connectivity index (χ3v) is 0.183. The molecule has 3 radical (unpaired) electrons. The number of nitrogens with zero attached hydrogens (tertiary/aromatic N) is 1. The minimum atomic E-state index is 0.509. The fourth-order valence-corrected chi connectivity index (χ4v) is 0. The van der Waals surface area contributed by atoms with Crippen molar-refractivity contribution in [3.8, 4) is 0 Å². The van der Waals surface area contributed by atoms with E-state index in [2.05, 4.69) is 6.58 Å². The monoisotopic (exact) mass is 72.0 g/mol. The van der Waals surface area contributed by atoms with Gasteiger partial charge in [-0.1, -0.05) is 11.7 Å². The fourth-order valence-electron chi connectivity index (χ4n) is 0. The molecule has 0 spiro atoms. The molecule has 0 aliphatic heterocycles. The van der Waals surface area contributed by atoms with Crippen molar-refractivity contribution in [2.75, 3.05) is 0 Å². The van der Waals surface area contributed by atoms with Gasteiger partial charge in [0.25, 0.3) is 0 Å². The Morgan fingerprint density at radius 3 is 2.25 bits per heavy atom. The van der Waals surface area contributed by atoms with Crippen molar-refractivity contribution >= 4 is 11.9 Å². The summed E-state index contributed by atoms with van der Waals surface area (Å²) in [6, 6.07) is 0. The summed E-state index contributed by atoms with van der Waals surface area (Å²) in [5, 5.41) is 8.71. The zero-order valence-corrected chi connectivity index (χ0v) is 2.83. The van der Waals surface area contributed by atoms with Gasteiger partial charge < -0.3 is 0 Å². The Morgan fingerprint density at radius 1 is 2.00 bits per heavy atom. The van der Waals surface area contributed by atoms with Gasteiger partial charge in [0.2, 0.25) is 0 Å². The van der Waals surface area contributed by atoms with Crippen LogP contribution in [0.3, 0.4) is 0 Å². The predicted octanol–water partition coefficient (Wildman–Crippen LogP) is 0.650. The van der Waals surface area contributed by atoms with Crippen LogP contribution in [0.1, 0.15) is 0 Å². The Bertz CT molecular complexity index is 20.0. The molecule has 1 nitrogen and oxygen atoms in total. The lowest BCUT2D eigenvalue weighted by molar-refractivity contribution is 1.93. The van der Waals surface area contributed by atoms with E-state index in [-0.39, 0.29) is 0 Å². The van der Waals surface area contributed by atoms with E-state index in [9.17, 15) is 0 Å². The molecule has 0 aromatic carbocycles. The molecule has 0 rings (SSSR count). The van der Waals surface area contributed by atoms with Crippen molar-refractivity contribution in [2.45, 2.75) is 0 Å². The minimum Gasteiger partial charge on any atom is -0.0577 e. The normalized spacial score (nSPS) is 6.25. The largest absolute Gasteiger partial charge is 0.0577 e. The lowest BCUT2D eigenvalue weighted by atomic mass is 11.3. The van der Waals surface area contributed by atoms with Gasteiger partial charge in [-0.25, -0.2) is 0 Å². The van der Waals surface area contributed by atoms with Crippen LogP contribution in [0.2, 0.25) is 0 Å². The molecule has 0 aromatic rings. The first-order valence-corrected chi connectivity index (χ1v) is 1.59. The third-order valence-electron chi connectivity index (χ3n) is 0.0609. The zero-order chi connectivity index (χ0) is 3.41. The minimum absolute atomic E-state index is 0.509. The number of hydrogen-bond acceptors (Lipinski definition) is 1. The van der Waals surface area contributed by atoms with Crippen molar-refractivity contribution in [3.05, 3.63) is 12.0 Å². The molecule has 0 aromatic heterocycles. The summed E-state index contributed by atoms with van der Waals surface area (Å²) >= 11 is 0.509. The summed E-state index contributed by atoms with van der Waals surface area (Å²) < 4.78 is 0. The van der Waals surface area contributed by atoms with Crippen LogP contribution in [0, 0.1) is 6.58 Å². The molecule has 2 heteroatoms. The molecular formula is C2H2NS. The van der Waals surface area contributed by atoms with Crippen molar-refractivity contribution in [2.24, 2.45) is 0 Å². The van der Waals surface area contributed by atoms with Gasteiger partial charge in [-0.05, 0) is 17.4 Å². The van der Waals surface area contributed by atoms with E-state index in [1.54, 1.807) is 0 Å². The predicted molar refractivity (Wildman–Crippen MR) is 18.6 cm³/mol. The number of rotatable bonds is 1. The molecule has 0 saturated heterocycles. The molecule has 0 aliphatic rings. The summed E-state index contributed by atoms with van der Waals surface area (Å²) in [7, 11) is 0. The highest BCUT2D eigenvalue weighted by Gasteiger charge is 1.49. The molecule has 0 atom stereocenters. The Morgan fingerprint density at radius 2 is 2.25 bits per heavy atom. The molecule has 0 amide bonds. The van der Waals surface area contributed by atoms with Gasteiger partial charge in [0, 0.05) is 0 Å². The van der Waals surface area contributed by atoms with E-state index in [1.165, 1.54) is 0 Å². The van der Waals surface area contributed by atoms with E-state index < -0.39 is 0 Å². The van der Waals surface area contributed by atoms with Gasteiger partial charge in [0.15, 0.2) is 0 Å². The average Bonchev–Trinajstić information content (AvgIpc) is 1.37. The van der Waals surface area contributed by atoms with Crippen LogP contribution in [-0.4, -0.2) is 0 Å². The third kappa shape index (κ3) is 2.05. The van der Waals surface area contributed by atoms with Crippen molar-refractivity contribution in [3.63, 3.8) is 0 Å². The molecule has 0 N–H and O–H groups in total. The van der Waals surface area contributed by atoms with E-state index in [1.807, 2.05) is 0 Å². The Labute approximate surface area is 30.0 Å². The highest BCUT2D eigenvalue weighted by molar-refractivity contribution is 7.99. The second-order valence-electron chi connectivity index (χ2n) is 0.241. The first-order valence-electron chi connectivity index (χ1n) is 0.752. The van der Waals surface area contributed by atoms with Gasteiger partial charge in [-0.3, -0.25) is 0 Å². The van der Waals surface area contributed by atoms with Crippen molar-refractivity contribution in [1.29, 1.82) is 0 Å². The molecule has 0 heterocycles.